The van der Waals surface area contributed by atoms with Gasteiger partial charge in [-0.05, 0) is 47.4 Å². The SMILES string of the molecule is Nc1c(Cl)cc(C(=O)N(Cc2ccsc2)C2CC2)cc1Cl. The molecular formula is C15H14Cl2N2OS. The lowest BCUT2D eigenvalue weighted by Gasteiger charge is -2.22. The van der Waals surface area contributed by atoms with E-state index in [1.807, 2.05) is 16.3 Å². The van der Waals surface area contributed by atoms with Crippen LogP contribution in [0.1, 0.15) is 28.8 Å². The molecule has 0 spiro atoms. The summed E-state index contributed by atoms with van der Waals surface area (Å²) in [6, 6.07) is 5.53. The molecule has 110 valence electrons. The molecule has 1 fully saturated rings. The van der Waals surface area contributed by atoms with Crippen molar-refractivity contribution < 1.29 is 4.79 Å². The molecule has 1 aliphatic rings. The molecule has 0 aliphatic heterocycles. The number of nitrogens with zero attached hydrogens (tertiary/aromatic N) is 1. The number of carbonyl (C=O) groups excluding carboxylic acids is 1. The first-order chi connectivity index (χ1) is 10.1. The lowest BCUT2D eigenvalue weighted by atomic mass is 10.1. The van der Waals surface area contributed by atoms with Crippen molar-refractivity contribution in [2.45, 2.75) is 25.4 Å². The van der Waals surface area contributed by atoms with Crippen molar-refractivity contribution in [2.75, 3.05) is 5.73 Å². The molecule has 1 heterocycles. The van der Waals surface area contributed by atoms with E-state index in [9.17, 15) is 4.79 Å². The van der Waals surface area contributed by atoms with Gasteiger partial charge in [0.2, 0.25) is 0 Å². The van der Waals surface area contributed by atoms with Crippen LogP contribution in [0, 0.1) is 0 Å². The molecule has 2 aromatic rings. The molecule has 0 bridgehead atoms. The largest absolute Gasteiger partial charge is 0.396 e. The number of hydrogen-bond donors (Lipinski definition) is 1. The molecule has 1 saturated carbocycles. The third-order valence-electron chi connectivity index (χ3n) is 3.51. The molecule has 1 aromatic heterocycles. The number of nitrogens with two attached hydrogens (primary N) is 1. The molecule has 1 aliphatic carbocycles. The van der Waals surface area contributed by atoms with E-state index in [0.29, 0.717) is 33.9 Å². The van der Waals surface area contributed by atoms with Crippen LogP contribution in [0.4, 0.5) is 5.69 Å². The van der Waals surface area contributed by atoms with Gasteiger partial charge in [-0.3, -0.25) is 4.79 Å². The summed E-state index contributed by atoms with van der Waals surface area (Å²) in [6.07, 6.45) is 2.10. The number of nitrogen functional groups attached to an aromatic ring is 1. The Balaban J connectivity index is 1.87. The monoisotopic (exact) mass is 340 g/mol. The maximum atomic E-state index is 12.7. The summed E-state index contributed by atoms with van der Waals surface area (Å²) in [5, 5.41) is 4.71. The molecule has 0 unspecified atom stereocenters. The molecule has 21 heavy (non-hydrogen) atoms. The predicted molar refractivity (Wildman–Crippen MR) is 88.1 cm³/mol. The van der Waals surface area contributed by atoms with Crippen LogP contribution in [0.2, 0.25) is 10.0 Å². The molecule has 3 rings (SSSR count). The van der Waals surface area contributed by atoms with Crippen molar-refractivity contribution in [1.82, 2.24) is 4.90 Å². The predicted octanol–water partition coefficient (Wildman–Crippen LogP) is 4.44. The van der Waals surface area contributed by atoms with Crippen LogP contribution in [-0.2, 0) is 6.54 Å². The Kier molecular flexibility index (Phi) is 4.11. The van der Waals surface area contributed by atoms with Crippen LogP contribution < -0.4 is 5.73 Å². The third kappa shape index (κ3) is 3.18. The standard InChI is InChI=1S/C15H14Cl2N2OS/c16-12-5-10(6-13(17)14(12)18)15(20)19(11-1-2-11)7-9-3-4-21-8-9/h3-6,8,11H,1-2,7,18H2. The molecular weight excluding hydrogens is 327 g/mol. The van der Waals surface area contributed by atoms with Gasteiger partial charge in [-0.1, -0.05) is 23.2 Å². The van der Waals surface area contributed by atoms with Gasteiger partial charge in [0.05, 0.1) is 15.7 Å². The summed E-state index contributed by atoms with van der Waals surface area (Å²) < 4.78 is 0. The quantitative estimate of drug-likeness (QED) is 0.836. The number of anilines is 1. The molecule has 0 saturated heterocycles. The fourth-order valence-corrected chi connectivity index (χ4v) is 3.35. The van der Waals surface area contributed by atoms with Crippen LogP contribution in [0.15, 0.2) is 29.0 Å². The Hall–Kier alpha value is -1.23. The van der Waals surface area contributed by atoms with Gasteiger partial charge < -0.3 is 10.6 Å². The molecule has 0 radical (unpaired) electrons. The van der Waals surface area contributed by atoms with Gasteiger partial charge in [-0.2, -0.15) is 11.3 Å². The second-order valence-corrected chi connectivity index (χ2v) is 6.74. The summed E-state index contributed by atoms with van der Waals surface area (Å²) in [6.45, 7) is 0.618. The zero-order chi connectivity index (χ0) is 15.0. The Bertz CT molecular complexity index is 645. The van der Waals surface area contributed by atoms with Gasteiger partial charge in [0.15, 0.2) is 0 Å². The number of thiophene rings is 1. The van der Waals surface area contributed by atoms with Crippen molar-refractivity contribution in [3.05, 3.63) is 50.1 Å². The van der Waals surface area contributed by atoms with E-state index in [1.165, 1.54) is 0 Å². The lowest BCUT2D eigenvalue weighted by molar-refractivity contribution is 0.0730. The fraction of sp³-hybridized carbons (Fsp3) is 0.267. The summed E-state index contributed by atoms with van der Waals surface area (Å²) >= 11 is 13.7. The number of amides is 1. The fourth-order valence-electron chi connectivity index (χ4n) is 2.21. The van der Waals surface area contributed by atoms with Gasteiger partial charge in [0.1, 0.15) is 0 Å². The average Bonchev–Trinajstić information content (AvgIpc) is 3.17. The van der Waals surface area contributed by atoms with E-state index >= 15 is 0 Å². The van der Waals surface area contributed by atoms with E-state index < -0.39 is 0 Å². The van der Waals surface area contributed by atoms with Crippen molar-refractivity contribution in [2.24, 2.45) is 0 Å². The van der Waals surface area contributed by atoms with Crippen molar-refractivity contribution in [1.29, 1.82) is 0 Å². The number of rotatable bonds is 4. The minimum atomic E-state index is -0.0486. The van der Waals surface area contributed by atoms with E-state index in [4.69, 9.17) is 28.9 Å². The maximum absolute atomic E-state index is 12.7. The third-order valence-corrected chi connectivity index (χ3v) is 4.87. The number of halogens is 2. The highest BCUT2D eigenvalue weighted by Gasteiger charge is 2.33. The van der Waals surface area contributed by atoms with E-state index in [-0.39, 0.29) is 5.91 Å². The summed E-state index contributed by atoms with van der Waals surface area (Å²) in [7, 11) is 0. The smallest absolute Gasteiger partial charge is 0.254 e. The van der Waals surface area contributed by atoms with Crippen molar-refractivity contribution in [3.63, 3.8) is 0 Å². The van der Waals surface area contributed by atoms with Gasteiger partial charge in [0, 0.05) is 18.2 Å². The van der Waals surface area contributed by atoms with Gasteiger partial charge in [-0.25, -0.2) is 0 Å². The van der Waals surface area contributed by atoms with Crippen molar-refractivity contribution in [3.8, 4) is 0 Å². The molecule has 6 heteroatoms. The topological polar surface area (TPSA) is 46.3 Å². The van der Waals surface area contributed by atoms with Crippen LogP contribution in [0.25, 0.3) is 0 Å². The van der Waals surface area contributed by atoms with E-state index in [0.717, 1.165) is 18.4 Å². The van der Waals surface area contributed by atoms with Crippen LogP contribution in [-0.4, -0.2) is 16.8 Å². The minimum absolute atomic E-state index is 0.0486. The first kappa shape index (κ1) is 14.7. The first-order valence-corrected chi connectivity index (χ1v) is 8.32. The van der Waals surface area contributed by atoms with Gasteiger partial charge in [-0.15, -0.1) is 0 Å². The van der Waals surface area contributed by atoms with Crippen molar-refractivity contribution >= 4 is 46.1 Å². The second-order valence-electron chi connectivity index (χ2n) is 5.15. The van der Waals surface area contributed by atoms with Crippen LogP contribution >= 0.6 is 34.5 Å². The summed E-state index contributed by atoms with van der Waals surface area (Å²) in [4.78, 5) is 14.6. The Morgan fingerprint density at radius 1 is 1.33 bits per heavy atom. The maximum Gasteiger partial charge on any atom is 0.254 e. The van der Waals surface area contributed by atoms with Gasteiger partial charge >= 0.3 is 0 Å². The number of hydrogen-bond acceptors (Lipinski definition) is 3. The minimum Gasteiger partial charge on any atom is -0.396 e. The molecule has 2 N–H and O–H groups in total. The zero-order valence-corrected chi connectivity index (χ0v) is 13.5. The number of benzene rings is 1. The lowest BCUT2D eigenvalue weighted by Crippen LogP contribution is -2.32. The number of carbonyl (C=O) groups is 1. The summed E-state index contributed by atoms with van der Waals surface area (Å²) in [5.41, 5.74) is 7.67. The van der Waals surface area contributed by atoms with Gasteiger partial charge in [0.25, 0.3) is 5.91 Å². The molecule has 1 aromatic carbocycles. The second kappa shape index (κ2) is 5.87. The highest BCUT2D eigenvalue weighted by molar-refractivity contribution is 7.07. The zero-order valence-electron chi connectivity index (χ0n) is 11.2. The highest BCUT2D eigenvalue weighted by atomic mass is 35.5. The Labute approximate surface area is 137 Å². The molecule has 1 amide bonds. The first-order valence-electron chi connectivity index (χ1n) is 6.63. The summed E-state index contributed by atoms with van der Waals surface area (Å²) in [5.74, 6) is -0.0486. The Morgan fingerprint density at radius 2 is 2.00 bits per heavy atom. The Morgan fingerprint density at radius 3 is 2.52 bits per heavy atom. The highest BCUT2D eigenvalue weighted by Crippen LogP contribution is 2.33. The van der Waals surface area contributed by atoms with E-state index in [1.54, 1.807) is 23.5 Å². The van der Waals surface area contributed by atoms with Crippen LogP contribution in [0.3, 0.4) is 0 Å². The van der Waals surface area contributed by atoms with E-state index in [2.05, 4.69) is 5.38 Å². The normalized spacial score (nSPS) is 14.2. The average molecular weight is 341 g/mol. The van der Waals surface area contributed by atoms with Crippen LogP contribution in [0.5, 0.6) is 0 Å². The molecule has 3 nitrogen and oxygen atoms in total. The molecule has 0 atom stereocenters.